The lowest BCUT2D eigenvalue weighted by atomic mass is 10.2. The Morgan fingerprint density at radius 3 is 2.64 bits per heavy atom. The van der Waals surface area contributed by atoms with Crippen molar-refractivity contribution in [2.75, 3.05) is 19.0 Å². The normalized spacial score (nSPS) is 10.5. The smallest absolute Gasteiger partial charge is 0.244 e. The molecule has 0 radical (unpaired) electrons. The summed E-state index contributed by atoms with van der Waals surface area (Å²) >= 11 is 3.34. The summed E-state index contributed by atoms with van der Waals surface area (Å²) in [7, 11) is 1.59. The fraction of sp³-hybridized carbons (Fsp3) is 0.158. The van der Waals surface area contributed by atoms with Crippen LogP contribution in [0.5, 0.6) is 5.75 Å². The zero-order chi connectivity index (χ0) is 18.1. The molecule has 2 N–H and O–H groups in total. The molecule has 0 aliphatic heterocycles. The molecule has 0 aliphatic carbocycles. The Hall–Kier alpha value is -2.60. The zero-order valence-corrected chi connectivity index (χ0v) is 15.4. The first-order chi connectivity index (χ1) is 12.1. The van der Waals surface area contributed by atoms with Crippen LogP contribution in [0.1, 0.15) is 12.0 Å². The number of ether oxygens (including phenoxy) is 1. The van der Waals surface area contributed by atoms with Crippen LogP contribution in [-0.4, -0.2) is 25.5 Å². The average Bonchev–Trinajstić information content (AvgIpc) is 2.62. The number of nitrogens with one attached hydrogen (secondary N) is 2. The van der Waals surface area contributed by atoms with Gasteiger partial charge in [-0.2, -0.15) is 0 Å². The van der Waals surface area contributed by atoms with Gasteiger partial charge >= 0.3 is 0 Å². The van der Waals surface area contributed by atoms with Crippen molar-refractivity contribution >= 4 is 39.5 Å². The van der Waals surface area contributed by atoms with E-state index in [1.54, 1.807) is 25.3 Å². The standard InChI is InChI=1S/C19H19BrN2O3/c1-25-17-4-2-3-14(13-17)5-10-18(23)21-12-11-19(24)22-16-8-6-15(20)7-9-16/h2-10,13H,11-12H2,1H3,(H,21,23)(H,22,24)/b10-5+. The Bertz CT molecular complexity index is 758. The van der Waals surface area contributed by atoms with Crippen LogP contribution in [0.25, 0.3) is 6.08 Å². The summed E-state index contributed by atoms with van der Waals surface area (Å²) < 4.78 is 6.07. The Labute approximate surface area is 155 Å². The van der Waals surface area contributed by atoms with Gasteiger partial charge in [-0.1, -0.05) is 28.1 Å². The molecule has 5 nitrogen and oxygen atoms in total. The number of anilines is 1. The Balaban J connectivity index is 1.73. The van der Waals surface area contributed by atoms with Crippen LogP contribution in [0.4, 0.5) is 5.69 Å². The highest BCUT2D eigenvalue weighted by atomic mass is 79.9. The molecule has 130 valence electrons. The van der Waals surface area contributed by atoms with Crippen LogP contribution >= 0.6 is 15.9 Å². The van der Waals surface area contributed by atoms with E-state index in [1.807, 2.05) is 36.4 Å². The molecule has 0 aromatic heterocycles. The molecule has 2 amide bonds. The number of hydrogen-bond donors (Lipinski definition) is 2. The molecule has 0 bridgehead atoms. The van der Waals surface area contributed by atoms with Gasteiger partial charge in [-0.05, 0) is 48.0 Å². The minimum absolute atomic E-state index is 0.153. The maximum atomic E-state index is 11.8. The van der Waals surface area contributed by atoms with Gasteiger partial charge in [0.05, 0.1) is 7.11 Å². The van der Waals surface area contributed by atoms with Crippen molar-refractivity contribution in [3.8, 4) is 5.75 Å². The monoisotopic (exact) mass is 402 g/mol. The largest absolute Gasteiger partial charge is 0.497 e. The Kier molecular flexibility index (Phi) is 7.22. The lowest BCUT2D eigenvalue weighted by molar-refractivity contribution is -0.117. The fourth-order valence-corrected chi connectivity index (χ4v) is 2.30. The van der Waals surface area contributed by atoms with Gasteiger partial charge in [-0.25, -0.2) is 0 Å². The molecule has 0 saturated heterocycles. The van der Waals surface area contributed by atoms with E-state index in [1.165, 1.54) is 6.08 Å². The first-order valence-corrected chi connectivity index (χ1v) is 8.51. The fourth-order valence-electron chi connectivity index (χ4n) is 2.03. The van der Waals surface area contributed by atoms with Gasteiger partial charge in [0.15, 0.2) is 0 Å². The molecule has 2 rings (SSSR count). The highest BCUT2D eigenvalue weighted by Crippen LogP contribution is 2.14. The van der Waals surface area contributed by atoms with Gasteiger partial charge in [0.25, 0.3) is 0 Å². The predicted molar refractivity (Wildman–Crippen MR) is 102 cm³/mol. The minimum Gasteiger partial charge on any atom is -0.497 e. The minimum atomic E-state index is -0.251. The van der Waals surface area contributed by atoms with Crippen LogP contribution in [0, 0.1) is 0 Å². The van der Waals surface area contributed by atoms with E-state index >= 15 is 0 Å². The summed E-state index contributed by atoms with van der Waals surface area (Å²) in [5.74, 6) is 0.325. The van der Waals surface area contributed by atoms with Crippen LogP contribution < -0.4 is 15.4 Å². The second kappa shape index (κ2) is 9.64. The summed E-state index contributed by atoms with van der Waals surface area (Å²) in [6, 6.07) is 14.7. The molecular formula is C19H19BrN2O3. The van der Waals surface area contributed by atoms with Crippen molar-refractivity contribution in [1.29, 1.82) is 0 Å². The number of hydrogen-bond acceptors (Lipinski definition) is 3. The molecule has 0 atom stereocenters. The first kappa shape index (κ1) is 18.7. The van der Waals surface area contributed by atoms with Crippen molar-refractivity contribution in [3.63, 3.8) is 0 Å². The lowest BCUT2D eigenvalue weighted by Crippen LogP contribution is -2.26. The van der Waals surface area contributed by atoms with Crippen LogP contribution in [0.2, 0.25) is 0 Å². The molecule has 0 aliphatic rings. The maximum absolute atomic E-state index is 11.8. The van der Waals surface area contributed by atoms with E-state index in [9.17, 15) is 9.59 Å². The number of benzene rings is 2. The van der Waals surface area contributed by atoms with Gasteiger partial charge in [-0.3, -0.25) is 9.59 Å². The molecule has 25 heavy (non-hydrogen) atoms. The molecule has 0 saturated carbocycles. The van der Waals surface area contributed by atoms with E-state index in [4.69, 9.17) is 4.74 Å². The third-order valence-electron chi connectivity index (χ3n) is 3.30. The van der Waals surface area contributed by atoms with E-state index in [-0.39, 0.29) is 24.8 Å². The van der Waals surface area contributed by atoms with Gasteiger partial charge in [0.1, 0.15) is 5.75 Å². The molecule has 0 heterocycles. The molecule has 0 spiro atoms. The summed E-state index contributed by atoms with van der Waals surface area (Å²) in [5.41, 5.74) is 1.58. The molecule has 2 aromatic carbocycles. The molecular weight excluding hydrogens is 384 g/mol. The molecule has 0 fully saturated rings. The zero-order valence-electron chi connectivity index (χ0n) is 13.8. The molecule has 6 heteroatoms. The van der Waals surface area contributed by atoms with Crippen LogP contribution in [0.3, 0.4) is 0 Å². The maximum Gasteiger partial charge on any atom is 0.244 e. The van der Waals surface area contributed by atoms with Gasteiger partial charge in [0.2, 0.25) is 11.8 Å². The van der Waals surface area contributed by atoms with Gasteiger partial charge < -0.3 is 15.4 Å². The van der Waals surface area contributed by atoms with Crippen molar-refractivity contribution in [1.82, 2.24) is 5.32 Å². The average molecular weight is 403 g/mol. The number of halogens is 1. The van der Waals surface area contributed by atoms with Crippen molar-refractivity contribution < 1.29 is 14.3 Å². The van der Waals surface area contributed by atoms with E-state index in [0.717, 1.165) is 21.5 Å². The Morgan fingerprint density at radius 2 is 1.92 bits per heavy atom. The van der Waals surface area contributed by atoms with Crippen LogP contribution in [0.15, 0.2) is 59.1 Å². The molecule has 2 aromatic rings. The number of methoxy groups -OCH3 is 1. The number of rotatable bonds is 7. The van der Waals surface area contributed by atoms with Crippen molar-refractivity contribution in [3.05, 3.63) is 64.6 Å². The summed E-state index contributed by atoms with van der Waals surface area (Å²) in [6.07, 6.45) is 3.33. The SMILES string of the molecule is COc1cccc(/C=C/C(=O)NCCC(=O)Nc2ccc(Br)cc2)c1. The Morgan fingerprint density at radius 1 is 1.16 bits per heavy atom. The number of carbonyl (C=O) groups excluding carboxylic acids is 2. The highest BCUT2D eigenvalue weighted by Gasteiger charge is 2.03. The van der Waals surface area contributed by atoms with Gasteiger partial charge in [0, 0.05) is 29.2 Å². The van der Waals surface area contributed by atoms with E-state index in [2.05, 4.69) is 26.6 Å². The number of carbonyl (C=O) groups is 2. The van der Waals surface area contributed by atoms with Crippen molar-refractivity contribution in [2.24, 2.45) is 0 Å². The topological polar surface area (TPSA) is 67.4 Å². The lowest BCUT2D eigenvalue weighted by Gasteiger charge is -2.06. The van der Waals surface area contributed by atoms with Gasteiger partial charge in [-0.15, -0.1) is 0 Å². The third kappa shape index (κ3) is 6.81. The first-order valence-electron chi connectivity index (χ1n) is 7.72. The van der Waals surface area contributed by atoms with E-state index in [0.29, 0.717) is 0 Å². The quantitative estimate of drug-likeness (QED) is 0.694. The van der Waals surface area contributed by atoms with Crippen molar-refractivity contribution in [2.45, 2.75) is 6.42 Å². The highest BCUT2D eigenvalue weighted by molar-refractivity contribution is 9.10. The second-order valence-electron chi connectivity index (χ2n) is 5.21. The number of amides is 2. The predicted octanol–water partition coefficient (Wildman–Crippen LogP) is 3.62. The van der Waals surface area contributed by atoms with Crippen LogP contribution in [-0.2, 0) is 9.59 Å². The summed E-state index contributed by atoms with van der Waals surface area (Å²) in [5, 5.41) is 5.45. The van der Waals surface area contributed by atoms with E-state index < -0.39 is 0 Å². The summed E-state index contributed by atoms with van der Waals surface area (Å²) in [4.78, 5) is 23.6. The molecule has 0 unspecified atom stereocenters. The summed E-state index contributed by atoms with van der Waals surface area (Å²) in [6.45, 7) is 0.268. The second-order valence-corrected chi connectivity index (χ2v) is 6.12. The third-order valence-corrected chi connectivity index (χ3v) is 3.83.